The Hall–Kier alpha value is -2.30. The van der Waals surface area contributed by atoms with E-state index in [1.54, 1.807) is 0 Å². The van der Waals surface area contributed by atoms with Crippen molar-refractivity contribution in [3.05, 3.63) is 47.7 Å². The van der Waals surface area contributed by atoms with E-state index >= 15 is 0 Å². The lowest BCUT2D eigenvalue weighted by atomic mass is 9.92. The molecule has 134 valence electrons. The molecule has 25 heavy (non-hydrogen) atoms. The van der Waals surface area contributed by atoms with Crippen molar-refractivity contribution in [1.29, 1.82) is 0 Å². The Morgan fingerprint density at radius 1 is 1.32 bits per heavy atom. The minimum atomic E-state index is -0.530. The van der Waals surface area contributed by atoms with Crippen LogP contribution in [0.5, 0.6) is 0 Å². The monoisotopic (exact) mass is 342 g/mol. The van der Waals surface area contributed by atoms with Crippen LogP contribution < -0.4 is 5.32 Å². The first-order valence-corrected chi connectivity index (χ1v) is 9.03. The van der Waals surface area contributed by atoms with Crippen LogP contribution in [0.3, 0.4) is 0 Å². The van der Waals surface area contributed by atoms with Crippen LogP contribution >= 0.6 is 0 Å². The number of carbonyl (C=O) groups is 2. The molecule has 1 fully saturated rings. The fourth-order valence-corrected chi connectivity index (χ4v) is 3.65. The Morgan fingerprint density at radius 3 is 2.88 bits per heavy atom. The van der Waals surface area contributed by atoms with E-state index in [0.29, 0.717) is 12.5 Å². The van der Waals surface area contributed by atoms with Gasteiger partial charge in [0.1, 0.15) is 6.04 Å². The number of fused-ring (bicyclic) bond motifs is 1. The zero-order valence-corrected chi connectivity index (χ0v) is 14.7. The normalized spacial score (nSPS) is 23.2. The Labute approximate surface area is 149 Å². The molecule has 1 aliphatic carbocycles. The number of amides is 1. The van der Waals surface area contributed by atoms with Crippen molar-refractivity contribution in [2.45, 2.75) is 38.1 Å². The van der Waals surface area contributed by atoms with Crippen molar-refractivity contribution in [2.24, 2.45) is 5.92 Å². The third-order valence-corrected chi connectivity index (χ3v) is 5.06. The summed E-state index contributed by atoms with van der Waals surface area (Å²) < 4.78 is 4.77. The molecule has 5 heteroatoms. The van der Waals surface area contributed by atoms with Crippen molar-refractivity contribution in [3.8, 4) is 0 Å². The molecule has 2 aliphatic rings. The molecule has 1 aliphatic heterocycles. The number of rotatable bonds is 5. The number of hydrogen-bond acceptors (Lipinski definition) is 4. The highest BCUT2D eigenvalue weighted by Crippen LogP contribution is 2.27. The summed E-state index contributed by atoms with van der Waals surface area (Å²) in [5.74, 6) is -0.0172. The van der Waals surface area contributed by atoms with E-state index in [-0.39, 0.29) is 18.3 Å². The maximum absolute atomic E-state index is 13.0. The first-order valence-electron chi connectivity index (χ1n) is 9.03. The molecule has 0 aromatic heterocycles. The van der Waals surface area contributed by atoms with Gasteiger partial charge in [0.25, 0.3) is 0 Å². The van der Waals surface area contributed by atoms with Gasteiger partial charge in [-0.15, -0.1) is 0 Å². The largest absolute Gasteiger partial charge is 0.469 e. The number of nitrogens with zero attached hydrogens (tertiary/aromatic N) is 1. The van der Waals surface area contributed by atoms with Gasteiger partial charge in [0, 0.05) is 24.7 Å². The SMILES string of the molecule is COC(=O)CC1NC2=CCCCC2CN(CCc2ccccc2)C1=O. The van der Waals surface area contributed by atoms with Gasteiger partial charge in [-0.3, -0.25) is 9.59 Å². The molecule has 2 unspecified atom stereocenters. The first-order chi connectivity index (χ1) is 12.2. The van der Waals surface area contributed by atoms with Crippen molar-refractivity contribution in [3.63, 3.8) is 0 Å². The summed E-state index contributed by atoms with van der Waals surface area (Å²) in [5, 5.41) is 3.33. The Morgan fingerprint density at radius 2 is 2.12 bits per heavy atom. The van der Waals surface area contributed by atoms with Gasteiger partial charge in [-0.05, 0) is 31.2 Å². The predicted molar refractivity (Wildman–Crippen MR) is 95.7 cm³/mol. The summed E-state index contributed by atoms with van der Waals surface area (Å²) in [6.45, 7) is 1.40. The van der Waals surface area contributed by atoms with Crippen LogP contribution in [0.4, 0.5) is 0 Å². The van der Waals surface area contributed by atoms with Crippen LogP contribution in [0.2, 0.25) is 0 Å². The molecule has 3 rings (SSSR count). The van der Waals surface area contributed by atoms with Crippen LogP contribution in [0, 0.1) is 5.92 Å². The second-order valence-electron chi connectivity index (χ2n) is 6.78. The highest BCUT2D eigenvalue weighted by Gasteiger charge is 2.35. The first kappa shape index (κ1) is 17.5. The number of nitrogens with one attached hydrogen (secondary N) is 1. The quantitative estimate of drug-likeness (QED) is 0.834. The molecule has 0 saturated carbocycles. The molecule has 0 radical (unpaired) electrons. The lowest BCUT2D eigenvalue weighted by molar-refractivity contribution is -0.144. The Kier molecular flexibility index (Phi) is 5.74. The minimum absolute atomic E-state index is 0.00312. The third kappa shape index (κ3) is 4.41. The van der Waals surface area contributed by atoms with Gasteiger partial charge >= 0.3 is 5.97 Å². The summed E-state index contributed by atoms with van der Waals surface area (Å²) >= 11 is 0. The highest BCUT2D eigenvalue weighted by molar-refractivity contribution is 5.87. The van der Waals surface area contributed by atoms with Crippen LogP contribution in [0.25, 0.3) is 0 Å². The van der Waals surface area contributed by atoms with Crippen molar-refractivity contribution < 1.29 is 14.3 Å². The van der Waals surface area contributed by atoms with Gasteiger partial charge in [0.05, 0.1) is 13.5 Å². The van der Waals surface area contributed by atoms with Gasteiger partial charge in [0.2, 0.25) is 5.91 Å². The number of allylic oxidation sites excluding steroid dienone is 1. The molecule has 0 spiro atoms. The predicted octanol–water partition coefficient (Wildman–Crippen LogP) is 2.28. The van der Waals surface area contributed by atoms with Crippen molar-refractivity contribution >= 4 is 11.9 Å². The third-order valence-electron chi connectivity index (χ3n) is 5.06. The van der Waals surface area contributed by atoms with E-state index < -0.39 is 6.04 Å². The van der Waals surface area contributed by atoms with Crippen LogP contribution in [-0.2, 0) is 20.7 Å². The Balaban J connectivity index is 1.75. The maximum atomic E-state index is 13.0. The lowest BCUT2D eigenvalue weighted by Gasteiger charge is -2.26. The fourth-order valence-electron chi connectivity index (χ4n) is 3.65. The summed E-state index contributed by atoms with van der Waals surface area (Å²) in [6.07, 6.45) is 6.34. The van der Waals surface area contributed by atoms with E-state index in [1.165, 1.54) is 12.7 Å². The van der Waals surface area contributed by atoms with E-state index in [4.69, 9.17) is 4.74 Å². The molecule has 1 amide bonds. The number of carbonyl (C=O) groups excluding carboxylic acids is 2. The minimum Gasteiger partial charge on any atom is -0.469 e. The van der Waals surface area contributed by atoms with Gasteiger partial charge in [-0.1, -0.05) is 36.4 Å². The molecule has 1 aromatic carbocycles. The number of hydrogen-bond donors (Lipinski definition) is 1. The average Bonchev–Trinajstić information content (AvgIpc) is 2.78. The van der Waals surface area contributed by atoms with Gasteiger partial charge in [0.15, 0.2) is 0 Å². The molecule has 1 saturated heterocycles. The van der Waals surface area contributed by atoms with E-state index in [9.17, 15) is 9.59 Å². The fraction of sp³-hybridized carbons (Fsp3) is 0.500. The van der Waals surface area contributed by atoms with E-state index in [1.807, 2.05) is 23.1 Å². The molecule has 2 atom stereocenters. The van der Waals surface area contributed by atoms with Crippen molar-refractivity contribution in [2.75, 3.05) is 20.2 Å². The van der Waals surface area contributed by atoms with E-state index in [0.717, 1.165) is 37.9 Å². The average molecular weight is 342 g/mol. The standard InChI is InChI=1S/C20H26N2O3/c1-25-19(23)13-18-20(24)22(12-11-15-7-3-2-4-8-15)14-16-9-5-6-10-17(16)21-18/h2-4,7-8,10,16,18,21H,5-6,9,11-14H2,1H3. The zero-order valence-electron chi connectivity index (χ0n) is 14.7. The smallest absolute Gasteiger partial charge is 0.308 e. The summed E-state index contributed by atoms with van der Waals surface area (Å²) in [4.78, 5) is 26.6. The number of methoxy groups -OCH3 is 1. The molecule has 5 nitrogen and oxygen atoms in total. The van der Waals surface area contributed by atoms with Crippen LogP contribution in [0.1, 0.15) is 31.2 Å². The van der Waals surface area contributed by atoms with E-state index in [2.05, 4.69) is 23.5 Å². The molecule has 0 bridgehead atoms. The molecule has 1 N–H and O–H groups in total. The maximum Gasteiger partial charge on any atom is 0.308 e. The summed E-state index contributed by atoms with van der Waals surface area (Å²) in [6, 6.07) is 9.66. The molecular weight excluding hydrogens is 316 g/mol. The van der Waals surface area contributed by atoms with Crippen LogP contribution in [-0.4, -0.2) is 43.0 Å². The van der Waals surface area contributed by atoms with Gasteiger partial charge in [-0.2, -0.15) is 0 Å². The number of ether oxygens (including phenoxy) is 1. The summed E-state index contributed by atoms with van der Waals surface area (Å²) in [5.41, 5.74) is 2.34. The van der Waals surface area contributed by atoms with Crippen molar-refractivity contribution in [1.82, 2.24) is 10.2 Å². The second-order valence-corrected chi connectivity index (χ2v) is 6.78. The highest BCUT2D eigenvalue weighted by atomic mass is 16.5. The molecule has 1 heterocycles. The van der Waals surface area contributed by atoms with Gasteiger partial charge in [-0.25, -0.2) is 0 Å². The zero-order chi connectivity index (χ0) is 17.6. The molecule has 1 aromatic rings. The van der Waals surface area contributed by atoms with Crippen LogP contribution in [0.15, 0.2) is 42.1 Å². The number of esters is 1. The van der Waals surface area contributed by atoms with Gasteiger partial charge < -0.3 is 15.0 Å². The second kappa shape index (κ2) is 8.19. The number of benzene rings is 1. The summed E-state index contributed by atoms with van der Waals surface area (Å²) in [7, 11) is 1.36. The molecular formula is C20H26N2O3. The lowest BCUT2D eigenvalue weighted by Crippen LogP contribution is -2.45. The topological polar surface area (TPSA) is 58.6 Å². The Bertz CT molecular complexity index is 642.